The van der Waals surface area contributed by atoms with Crippen LogP contribution in [-0.4, -0.2) is 41.4 Å². The number of aromatic nitrogens is 1. The number of nitriles is 1. The number of carboxylic acids is 1. The zero-order chi connectivity index (χ0) is 15.7. The first-order valence-corrected chi connectivity index (χ1v) is 7.01. The molecule has 1 fully saturated rings. The molecule has 2 heterocycles. The third-order valence-corrected chi connectivity index (χ3v) is 3.74. The van der Waals surface area contributed by atoms with Crippen molar-refractivity contribution in [3.05, 3.63) is 36.0 Å². The van der Waals surface area contributed by atoms with Crippen LogP contribution in [0.2, 0.25) is 0 Å². The molecule has 1 aromatic heterocycles. The van der Waals surface area contributed by atoms with Gasteiger partial charge in [-0.25, -0.2) is 4.79 Å². The molecule has 6 heteroatoms. The number of morpholine rings is 1. The lowest BCUT2D eigenvalue weighted by atomic mass is 10.1. The molecule has 0 radical (unpaired) electrons. The smallest absolute Gasteiger partial charge is 0.334 e. The van der Waals surface area contributed by atoms with E-state index in [4.69, 9.17) is 4.74 Å². The molecule has 0 saturated carbocycles. The number of hydrogen-bond acceptors (Lipinski definition) is 5. The van der Waals surface area contributed by atoms with Crippen LogP contribution in [0.3, 0.4) is 0 Å². The highest BCUT2D eigenvalue weighted by Crippen LogP contribution is 2.30. The van der Waals surface area contributed by atoms with E-state index in [1.807, 2.05) is 30.0 Å². The Morgan fingerprint density at radius 2 is 2.27 bits per heavy atom. The van der Waals surface area contributed by atoms with Gasteiger partial charge in [0.15, 0.2) is 6.10 Å². The topological polar surface area (TPSA) is 86.5 Å². The predicted octanol–water partition coefficient (Wildman–Crippen LogP) is 1.78. The number of hydrogen-bond donors (Lipinski definition) is 1. The average molecular weight is 297 g/mol. The van der Waals surface area contributed by atoms with Gasteiger partial charge in [0.2, 0.25) is 0 Å². The van der Waals surface area contributed by atoms with Crippen LogP contribution in [0.15, 0.2) is 30.5 Å². The minimum Gasteiger partial charge on any atom is -0.479 e. The number of rotatable bonds is 2. The third-order valence-electron chi connectivity index (χ3n) is 3.74. The van der Waals surface area contributed by atoms with E-state index in [1.54, 1.807) is 12.3 Å². The van der Waals surface area contributed by atoms with Crippen LogP contribution in [0, 0.1) is 11.3 Å². The van der Waals surface area contributed by atoms with Gasteiger partial charge in [0.1, 0.15) is 6.07 Å². The minimum absolute atomic E-state index is 0.183. The predicted molar refractivity (Wildman–Crippen MR) is 80.6 cm³/mol. The Bertz CT molecular complexity index is 769. The maximum Gasteiger partial charge on any atom is 0.334 e. The number of anilines is 1. The first kappa shape index (κ1) is 14.3. The highest BCUT2D eigenvalue weighted by atomic mass is 16.5. The Morgan fingerprint density at radius 3 is 3.00 bits per heavy atom. The number of nitrogens with zero attached hydrogens (tertiary/aromatic N) is 3. The quantitative estimate of drug-likeness (QED) is 0.909. The van der Waals surface area contributed by atoms with E-state index in [9.17, 15) is 15.2 Å². The van der Waals surface area contributed by atoms with E-state index >= 15 is 0 Å². The first-order chi connectivity index (χ1) is 10.6. The van der Waals surface area contributed by atoms with E-state index < -0.39 is 12.1 Å². The Morgan fingerprint density at radius 1 is 1.45 bits per heavy atom. The number of carboxylic acid groups (broad SMARTS) is 1. The molecular formula is C16H15N3O3. The molecule has 0 bridgehead atoms. The van der Waals surface area contributed by atoms with Crippen molar-refractivity contribution in [2.75, 3.05) is 18.0 Å². The highest BCUT2D eigenvalue weighted by molar-refractivity contribution is 5.95. The van der Waals surface area contributed by atoms with Crippen LogP contribution in [-0.2, 0) is 9.53 Å². The standard InChI is InChI=1S/C16H15N3O3/c1-10-8-19(9-14(22-10)16(20)21)13-5-4-11(7-17)15-12(13)3-2-6-18-15/h2-6,10,14H,8-9H2,1H3,(H,20,21). The van der Waals surface area contributed by atoms with Gasteiger partial charge in [-0.3, -0.25) is 4.98 Å². The lowest BCUT2D eigenvalue weighted by Crippen LogP contribution is -2.49. The summed E-state index contributed by atoms with van der Waals surface area (Å²) in [4.78, 5) is 17.5. The van der Waals surface area contributed by atoms with Gasteiger partial charge in [-0.05, 0) is 31.2 Å². The summed E-state index contributed by atoms with van der Waals surface area (Å²) in [5.41, 5.74) is 2.02. The fourth-order valence-electron chi connectivity index (χ4n) is 2.81. The van der Waals surface area contributed by atoms with E-state index in [1.165, 1.54) is 0 Å². The maximum atomic E-state index is 11.2. The highest BCUT2D eigenvalue weighted by Gasteiger charge is 2.31. The molecule has 0 spiro atoms. The van der Waals surface area contributed by atoms with Crippen molar-refractivity contribution in [2.24, 2.45) is 0 Å². The minimum atomic E-state index is -0.965. The molecule has 6 nitrogen and oxygen atoms in total. The van der Waals surface area contributed by atoms with Crippen molar-refractivity contribution in [3.63, 3.8) is 0 Å². The maximum absolute atomic E-state index is 11.2. The lowest BCUT2D eigenvalue weighted by molar-refractivity contribution is -0.154. The molecule has 3 rings (SSSR count). The fourth-order valence-corrected chi connectivity index (χ4v) is 2.81. The van der Waals surface area contributed by atoms with Crippen molar-refractivity contribution in [1.82, 2.24) is 4.98 Å². The van der Waals surface area contributed by atoms with Crippen molar-refractivity contribution in [2.45, 2.75) is 19.1 Å². The lowest BCUT2D eigenvalue weighted by Gasteiger charge is -2.37. The second-order valence-corrected chi connectivity index (χ2v) is 5.32. The van der Waals surface area contributed by atoms with Gasteiger partial charge in [0, 0.05) is 23.8 Å². The average Bonchev–Trinajstić information content (AvgIpc) is 2.53. The van der Waals surface area contributed by atoms with Gasteiger partial charge in [-0.15, -0.1) is 0 Å². The molecule has 1 aromatic carbocycles. The van der Waals surface area contributed by atoms with Crippen LogP contribution in [0.1, 0.15) is 12.5 Å². The Hall–Kier alpha value is -2.65. The molecule has 2 unspecified atom stereocenters. The number of pyridine rings is 1. The van der Waals surface area contributed by atoms with Gasteiger partial charge in [-0.2, -0.15) is 5.26 Å². The van der Waals surface area contributed by atoms with Gasteiger partial charge in [0.25, 0.3) is 0 Å². The summed E-state index contributed by atoms with van der Waals surface area (Å²) in [7, 11) is 0. The molecule has 1 N–H and O–H groups in total. The van der Waals surface area contributed by atoms with Gasteiger partial charge in [-0.1, -0.05) is 0 Å². The molecule has 1 aliphatic rings. The van der Waals surface area contributed by atoms with Crippen LogP contribution >= 0.6 is 0 Å². The van der Waals surface area contributed by atoms with E-state index in [2.05, 4.69) is 11.1 Å². The number of benzene rings is 1. The van der Waals surface area contributed by atoms with Crippen molar-refractivity contribution in [1.29, 1.82) is 5.26 Å². The second kappa shape index (κ2) is 5.62. The molecule has 112 valence electrons. The third kappa shape index (κ3) is 2.47. The molecule has 1 saturated heterocycles. The van der Waals surface area contributed by atoms with Crippen molar-refractivity contribution < 1.29 is 14.6 Å². The number of aliphatic carboxylic acids is 1. The summed E-state index contributed by atoms with van der Waals surface area (Å²) in [6, 6.07) is 9.41. The molecular weight excluding hydrogens is 282 g/mol. The van der Waals surface area contributed by atoms with Gasteiger partial charge in [0.05, 0.1) is 23.7 Å². The fraction of sp³-hybridized carbons (Fsp3) is 0.312. The molecule has 2 atom stereocenters. The van der Waals surface area contributed by atoms with Crippen LogP contribution < -0.4 is 4.90 Å². The first-order valence-electron chi connectivity index (χ1n) is 7.01. The summed E-state index contributed by atoms with van der Waals surface area (Å²) in [6.07, 6.45) is 0.609. The summed E-state index contributed by atoms with van der Waals surface area (Å²) < 4.78 is 5.45. The summed E-state index contributed by atoms with van der Waals surface area (Å²) in [6.45, 7) is 2.72. The number of ether oxygens (including phenoxy) is 1. The van der Waals surface area contributed by atoms with Crippen molar-refractivity contribution in [3.8, 4) is 6.07 Å². The normalized spacial score (nSPS) is 21.5. The summed E-state index contributed by atoms with van der Waals surface area (Å²) in [5.74, 6) is -0.965. The molecule has 1 aliphatic heterocycles. The number of fused-ring (bicyclic) bond motifs is 1. The van der Waals surface area contributed by atoms with Crippen LogP contribution in [0.25, 0.3) is 10.9 Å². The van der Waals surface area contributed by atoms with E-state index in [0.29, 0.717) is 17.6 Å². The molecule has 0 amide bonds. The van der Waals surface area contributed by atoms with Gasteiger partial charge < -0.3 is 14.7 Å². The Kier molecular flexibility index (Phi) is 3.65. The Balaban J connectivity index is 2.07. The molecule has 2 aromatic rings. The summed E-state index contributed by atoms with van der Waals surface area (Å²) >= 11 is 0. The zero-order valence-electron chi connectivity index (χ0n) is 12.1. The monoisotopic (exact) mass is 297 g/mol. The van der Waals surface area contributed by atoms with Crippen molar-refractivity contribution >= 4 is 22.6 Å². The largest absolute Gasteiger partial charge is 0.479 e. The summed E-state index contributed by atoms with van der Waals surface area (Å²) in [5, 5.41) is 19.2. The molecule has 0 aliphatic carbocycles. The molecule has 22 heavy (non-hydrogen) atoms. The van der Waals surface area contributed by atoms with Crippen LogP contribution in [0.5, 0.6) is 0 Å². The van der Waals surface area contributed by atoms with E-state index in [0.717, 1.165) is 11.1 Å². The van der Waals surface area contributed by atoms with Crippen LogP contribution in [0.4, 0.5) is 5.69 Å². The van der Waals surface area contributed by atoms with E-state index in [-0.39, 0.29) is 12.6 Å². The second-order valence-electron chi connectivity index (χ2n) is 5.32. The number of carbonyl (C=O) groups is 1. The SMILES string of the molecule is CC1CN(c2ccc(C#N)c3ncccc23)CC(C(=O)O)O1. The Labute approximate surface area is 127 Å². The zero-order valence-corrected chi connectivity index (χ0v) is 12.1. The van der Waals surface area contributed by atoms with Gasteiger partial charge >= 0.3 is 5.97 Å².